The molecule has 4 heterocycles. The number of nitrogens with zero attached hydrogens (tertiary/aromatic N) is 4. The molecule has 5 aromatic rings. The molecule has 132 valence electrons. The van der Waals surface area contributed by atoms with E-state index >= 15 is 0 Å². The Morgan fingerprint density at radius 2 is 2.07 bits per heavy atom. The number of fused-ring (bicyclic) bond motifs is 2. The summed E-state index contributed by atoms with van der Waals surface area (Å²) in [4.78, 5) is 20.1. The van der Waals surface area contributed by atoms with Gasteiger partial charge >= 0.3 is 0 Å². The topological polar surface area (TPSA) is 92.2 Å². The van der Waals surface area contributed by atoms with Gasteiger partial charge in [0.15, 0.2) is 5.43 Å². The number of rotatable bonds is 2. The van der Waals surface area contributed by atoms with Gasteiger partial charge < -0.3 is 4.98 Å². The summed E-state index contributed by atoms with van der Waals surface area (Å²) in [7, 11) is 1.85. The fourth-order valence-electron chi connectivity index (χ4n) is 3.22. The molecule has 0 aliphatic heterocycles. The lowest BCUT2D eigenvalue weighted by atomic mass is 9.99. The Morgan fingerprint density at radius 1 is 1.19 bits per heavy atom. The van der Waals surface area contributed by atoms with Crippen molar-refractivity contribution >= 4 is 33.5 Å². The van der Waals surface area contributed by atoms with Crippen LogP contribution in [-0.2, 0) is 7.05 Å². The highest BCUT2D eigenvalue weighted by Gasteiger charge is 2.16. The van der Waals surface area contributed by atoms with Gasteiger partial charge in [-0.3, -0.25) is 14.6 Å². The number of aryl methyl sites for hydroxylation is 1. The molecule has 2 N–H and O–H groups in total. The van der Waals surface area contributed by atoms with Crippen molar-refractivity contribution in [2.75, 3.05) is 0 Å². The van der Waals surface area contributed by atoms with E-state index in [0.717, 1.165) is 22.0 Å². The summed E-state index contributed by atoms with van der Waals surface area (Å²) >= 11 is 6.43. The van der Waals surface area contributed by atoms with Gasteiger partial charge in [-0.05, 0) is 29.8 Å². The molecule has 0 saturated carbocycles. The molecular formula is C19H13ClN6O. The molecule has 0 amide bonds. The van der Waals surface area contributed by atoms with E-state index in [2.05, 4.69) is 20.3 Å². The second kappa shape index (κ2) is 5.78. The normalized spacial score (nSPS) is 11.5. The number of halogens is 1. The van der Waals surface area contributed by atoms with Gasteiger partial charge in [0.1, 0.15) is 17.0 Å². The van der Waals surface area contributed by atoms with Crippen molar-refractivity contribution in [1.29, 1.82) is 0 Å². The molecule has 0 aliphatic rings. The predicted octanol–water partition coefficient (Wildman–Crippen LogP) is 3.52. The first-order chi connectivity index (χ1) is 13.1. The molecular weight excluding hydrogens is 364 g/mol. The minimum Gasteiger partial charge on any atom is -0.346 e. The first kappa shape index (κ1) is 15.8. The van der Waals surface area contributed by atoms with E-state index in [1.54, 1.807) is 17.1 Å². The molecule has 0 spiro atoms. The van der Waals surface area contributed by atoms with Crippen molar-refractivity contribution in [3.05, 3.63) is 64.2 Å². The van der Waals surface area contributed by atoms with Crippen LogP contribution in [0, 0.1) is 0 Å². The van der Waals surface area contributed by atoms with Gasteiger partial charge in [-0.1, -0.05) is 11.6 Å². The lowest BCUT2D eigenvalue weighted by Gasteiger charge is -2.10. The van der Waals surface area contributed by atoms with E-state index in [-0.39, 0.29) is 5.43 Å². The molecule has 5 rings (SSSR count). The predicted molar refractivity (Wildman–Crippen MR) is 105 cm³/mol. The Morgan fingerprint density at radius 3 is 2.89 bits per heavy atom. The van der Waals surface area contributed by atoms with E-state index in [9.17, 15) is 4.79 Å². The standard InChI is InChI=1S/C19H13ClN6O/c1-26-5-3-15(25-26)18-12(8-13-16(27)2-4-21-19(13)23-18)10-6-11-9-22-24-17(11)14(20)7-10/h2-9H,1H3,(H,22,24)(H,21,23,27). The number of pyridine rings is 2. The average molecular weight is 377 g/mol. The monoisotopic (exact) mass is 376 g/mol. The summed E-state index contributed by atoms with van der Waals surface area (Å²) in [6.45, 7) is 0. The molecule has 0 atom stereocenters. The minimum atomic E-state index is -0.0967. The van der Waals surface area contributed by atoms with Crippen LogP contribution < -0.4 is 5.43 Å². The highest BCUT2D eigenvalue weighted by molar-refractivity contribution is 6.35. The fourth-order valence-corrected chi connectivity index (χ4v) is 3.49. The maximum Gasteiger partial charge on any atom is 0.191 e. The number of hydrogen-bond acceptors (Lipinski definition) is 4. The van der Waals surface area contributed by atoms with Crippen LogP contribution in [0.25, 0.3) is 44.5 Å². The zero-order valence-electron chi connectivity index (χ0n) is 14.2. The summed E-state index contributed by atoms with van der Waals surface area (Å²) in [6.07, 6.45) is 5.16. The molecule has 7 nitrogen and oxygen atoms in total. The van der Waals surface area contributed by atoms with Crippen molar-refractivity contribution in [2.45, 2.75) is 0 Å². The molecule has 0 fully saturated rings. The summed E-state index contributed by atoms with van der Waals surface area (Å²) in [5.41, 5.74) is 4.19. The molecule has 8 heteroatoms. The third-order valence-electron chi connectivity index (χ3n) is 4.51. The fraction of sp³-hybridized carbons (Fsp3) is 0.0526. The van der Waals surface area contributed by atoms with Gasteiger partial charge in [0.2, 0.25) is 0 Å². The zero-order valence-corrected chi connectivity index (χ0v) is 14.9. The Balaban J connectivity index is 1.88. The van der Waals surface area contributed by atoms with Crippen LogP contribution in [0.4, 0.5) is 0 Å². The van der Waals surface area contributed by atoms with Gasteiger partial charge in [-0.25, -0.2) is 4.98 Å². The van der Waals surface area contributed by atoms with E-state index in [4.69, 9.17) is 16.6 Å². The number of aromatic amines is 2. The third-order valence-corrected chi connectivity index (χ3v) is 4.81. The maximum absolute atomic E-state index is 12.3. The molecule has 0 aliphatic carbocycles. The highest BCUT2D eigenvalue weighted by Crippen LogP contribution is 2.35. The van der Waals surface area contributed by atoms with E-state index in [1.165, 1.54) is 6.07 Å². The van der Waals surface area contributed by atoms with Crippen LogP contribution in [0.15, 0.2) is 53.7 Å². The lowest BCUT2D eigenvalue weighted by molar-refractivity contribution is 0.770. The Hall–Kier alpha value is -3.45. The van der Waals surface area contributed by atoms with Crippen LogP contribution in [0.5, 0.6) is 0 Å². The Bertz CT molecular complexity index is 1380. The van der Waals surface area contributed by atoms with Crippen LogP contribution in [-0.4, -0.2) is 29.9 Å². The number of hydrogen-bond donors (Lipinski definition) is 2. The third kappa shape index (κ3) is 2.51. The second-order valence-corrected chi connectivity index (χ2v) is 6.70. The number of H-pyrrole nitrogens is 2. The summed E-state index contributed by atoms with van der Waals surface area (Å²) in [5, 5.41) is 13.4. The largest absolute Gasteiger partial charge is 0.346 e. The highest BCUT2D eigenvalue weighted by atomic mass is 35.5. The molecule has 4 aromatic heterocycles. The van der Waals surface area contributed by atoms with Gasteiger partial charge in [0.05, 0.1) is 22.1 Å². The van der Waals surface area contributed by atoms with Crippen LogP contribution in [0.1, 0.15) is 0 Å². The van der Waals surface area contributed by atoms with Crippen molar-refractivity contribution in [1.82, 2.24) is 29.9 Å². The molecule has 1 aromatic carbocycles. The zero-order chi connectivity index (χ0) is 18.5. The number of benzene rings is 1. The quantitative estimate of drug-likeness (QED) is 0.493. The van der Waals surface area contributed by atoms with Gasteiger partial charge in [0, 0.05) is 36.5 Å². The molecule has 0 unspecified atom stereocenters. The van der Waals surface area contributed by atoms with Crippen molar-refractivity contribution in [2.24, 2.45) is 7.05 Å². The van der Waals surface area contributed by atoms with E-state index < -0.39 is 0 Å². The number of nitrogens with one attached hydrogen (secondary N) is 2. The first-order valence-electron chi connectivity index (χ1n) is 8.25. The second-order valence-electron chi connectivity index (χ2n) is 6.29. The first-order valence-corrected chi connectivity index (χ1v) is 8.63. The van der Waals surface area contributed by atoms with Crippen LogP contribution in [0.2, 0.25) is 5.02 Å². The molecule has 0 bridgehead atoms. The Kier molecular flexibility index (Phi) is 3.38. The minimum absolute atomic E-state index is 0.0967. The molecule has 0 saturated heterocycles. The van der Waals surface area contributed by atoms with Gasteiger partial charge in [0.25, 0.3) is 0 Å². The van der Waals surface area contributed by atoms with E-state index in [1.807, 2.05) is 37.5 Å². The summed E-state index contributed by atoms with van der Waals surface area (Å²) in [6, 6.07) is 9.02. The maximum atomic E-state index is 12.3. The summed E-state index contributed by atoms with van der Waals surface area (Å²) in [5.74, 6) is 0. The average Bonchev–Trinajstić information content (AvgIpc) is 3.30. The molecule has 0 radical (unpaired) electrons. The SMILES string of the molecule is Cn1ccc(-c2nc3[nH]ccc(=O)c3cc2-c2cc(Cl)c3[nH]ncc3c2)n1. The smallest absolute Gasteiger partial charge is 0.191 e. The molecule has 27 heavy (non-hydrogen) atoms. The lowest BCUT2D eigenvalue weighted by Crippen LogP contribution is -2.03. The van der Waals surface area contributed by atoms with Crippen molar-refractivity contribution in [3.63, 3.8) is 0 Å². The van der Waals surface area contributed by atoms with Gasteiger partial charge in [-0.2, -0.15) is 10.2 Å². The van der Waals surface area contributed by atoms with Crippen LogP contribution >= 0.6 is 11.6 Å². The van der Waals surface area contributed by atoms with Gasteiger partial charge in [-0.15, -0.1) is 0 Å². The summed E-state index contributed by atoms with van der Waals surface area (Å²) < 4.78 is 1.71. The van der Waals surface area contributed by atoms with Crippen molar-refractivity contribution < 1.29 is 0 Å². The number of aromatic nitrogens is 6. The Labute approximate surface area is 157 Å². The van der Waals surface area contributed by atoms with E-state index in [0.29, 0.717) is 27.4 Å². The van der Waals surface area contributed by atoms with Crippen molar-refractivity contribution in [3.8, 4) is 22.5 Å². The van der Waals surface area contributed by atoms with Crippen LogP contribution in [0.3, 0.4) is 0 Å².